The lowest BCUT2D eigenvalue weighted by Crippen LogP contribution is -2.70. The fourth-order valence-corrected chi connectivity index (χ4v) is 5.40. The lowest BCUT2D eigenvalue weighted by Gasteiger charge is -2.59. The highest BCUT2D eigenvalue weighted by molar-refractivity contribution is 5.76. The van der Waals surface area contributed by atoms with Crippen molar-refractivity contribution in [3.05, 3.63) is 0 Å². The van der Waals surface area contributed by atoms with Crippen LogP contribution in [0, 0.1) is 23.7 Å². The van der Waals surface area contributed by atoms with Crippen LogP contribution in [0.25, 0.3) is 0 Å². The number of aliphatic carboxylic acids is 1. The molecule has 8 heteroatoms. The van der Waals surface area contributed by atoms with E-state index in [1.165, 1.54) is 0 Å². The van der Waals surface area contributed by atoms with Crippen molar-refractivity contribution in [1.82, 2.24) is 0 Å². The number of fused-ring (bicyclic) bond motifs is 2. The molecular weight excluding hydrogens is 356 g/mol. The molecule has 4 heterocycles. The van der Waals surface area contributed by atoms with Gasteiger partial charge >= 0.3 is 11.9 Å². The summed E-state index contributed by atoms with van der Waals surface area (Å²) < 4.78 is 17.8. The van der Waals surface area contributed by atoms with Crippen LogP contribution >= 0.6 is 0 Å². The molecule has 5 rings (SSSR count). The van der Waals surface area contributed by atoms with Gasteiger partial charge in [0, 0.05) is 18.3 Å². The normalized spacial score (nSPS) is 48.4. The molecule has 152 valence electrons. The van der Waals surface area contributed by atoms with Gasteiger partial charge in [-0.25, -0.2) is 9.78 Å². The van der Waals surface area contributed by atoms with Crippen molar-refractivity contribution >= 4 is 11.9 Å². The molecule has 5 aliphatic rings. The summed E-state index contributed by atoms with van der Waals surface area (Å²) in [6.07, 6.45) is 1.72. The molecule has 0 amide bonds. The van der Waals surface area contributed by atoms with E-state index in [1.54, 1.807) is 0 Å². The van der Waals surface area contributed by atoms with Crippen molar-refractivity contribution in [2.75, 3.05) is 0 Å². The topological polar surface area (TPSA) is 101 Å². The van der Waals surface area contributed by atoms with Gasteiger partial charge in [0.05, 0.1) is 12.8 Å². The van der Waals surface area contributed by atoms with Crippen LogP contribution in [-0.4, -0.2) is 41.0 Å². The summed E-state index contributed by atoms with van der Waals surface area (Å²) in [5.41, 5.74) is -0.697. The second-order valence-electron chi connectivity index (χ2n) is 8.66. The number of ether oxygens (including phenoxy) is 3. The molecular formula is C19H28O8. The highest BCUT2D eigenvalue weighted by atomic mass is 17.3. The lowest BCUT2D eigenvalue weighted by atomic mass is 9.58. The van der Waals surface area contributed by atoms with Gasteiger partial charge in [0.25, 0.3) is 0 Å². The van der Waals surface area contributed by atoms with Gasteiger partial charge in [-0.3, -0.25) is 9.59 Å². The Labute approximate surface area is 158 Å². The quantitative estimate of drug-likeness (QED) is 0.583. The molecule has 4 saturated heterocycles. The summed E-state index contributed by atoms with van der Waals surface area (Å²) in [7, 11) is 0. The van der Waals surface area contributed by atoms with Gasteiger partial charge in [0.15, 0.2) is 11.9 Å². The van der Waals surface area contributed by atoms with E-state index < -0.39 is 35.9 Å². The fourth-order valence-electron chi connectivity index (χ4n) is 5.40. The summed E-state index contributed by atoms with van der Waals surface area (Å²) >= 11 is 0. The van der Waals surface area contributed by atoms with Gasteiger partial charge in [-0.15, -0.1) is 0 Å². The molecule has 27 heavy (non-hydrogen) atoms. The second kappa shape index (κ2) is 6.69. The first-order chi connectivity index (χ1) is 12.7. The molecule has 0 aromatic carbocycles. The molecule has 5 fully saturated rings. The Bertz CT molecular complexity index is 623. The second-order valence-corrected chi connectivity index (χ2v) is 8.66. The van der Waals surface area contributed by atoms with E-state index in [9.17, 15) is 9.59 Å². The predicted octanol–water partition coefficient (Wildman–Crippen LogP) is 2.60. The van der Waals surface area contributed by atoms with Crippen LogP contribution in [0.15, 0.2) is 0 Å². The molecule has 2 bridgehead atoms. The molecule has 1 spiro atoms. The molecule has 0 aromatic heterocycles. The Morgan fingerprint density at radius 3 is 2.63 bits per heavy atom. The molecule has 0 aromatic rings. The van der Waals surface area contributed by atoms with Crippen LogP contribution in [0.2, 0.25) is 0 Å². The largest absolute Gasteiger partial charge is 0.481 e. The van der Waals surface area contributed by atoms with Gasteiger partial charge in [-0.05, 0) is 38.0 Å². The third-order valence-corrected chi connectivity index (χ3v) is 6.89. The number of carbonyl (C=O) groups excluding carboxylic acids is 1. The van der Waals surface area contributed by atoms with Crippen molar-refractivity contribution in [1.29, 1.82) is 0 Å². The van der Waals surface area contributed by atoms with E-state index in [4.69, 9.17) is 29.1 Å². The molecule has 0 radical (unpaired) electrons. The summed E-state index contributed by atoms with van der Waals surface area (Å²) in [4.78, 5) is 34.5. The fraction of sp³-hybridized carbons (Fsp3) is 0.895. The Morgan fingerprint density at radius 2 is 1.89 bits per heavy atom. The summed E-state index contributed by atoms with van der Waals surface area (Å²) in [5, 5.41) is 8.76. The third-order valence-electron chi connectivity index (χ3n) is 6.89. The summed E-state index contributed by atoms with van der Waals surface area (Å²) in [6.45, 7) is 6.06. The molecule has 8 nitrogen and oxygen atoms in total. The van der Waals surface area contributed by atoms with E-state index in [0.29, 0.717) is 12.3 Å². The minimum Gasteiger partial charge on any atom is -0.481 e. The van der Waals surface area contributed by atoms with Crippen LogP contribution in [0.3, 0.4) is 0 Å². The molecule has 1 saturated carbocycles. The SMILES string of the molecule is C[C@H]1[C@H](OC(=O)CCC(=O)O)O[C@@H]2O[C@@]3(C)CC[C@H]4[C@H](C)CC[C@@H]1[C@]24OO3. The number of carboxylic acid groups (broad SMARTS) is 1. The summed E-state index contributed by atoms with van der Waals surface area (Å²) in [6, 6.07) is 0. The van der Waals surface area contributed by atoms with E-state index in [1.807, 2.05) is 13.8 Å². The van der Waals surface area contributed by atoms with Crippen LogP contribution in [0.5, 0.6) is 0 Å². The zero-order chi connectivity index (χ0) is 19.4. The van der Waals surface area contributed by atoms with E-state index >= 15 is 0 Å². The third kappa shape index (κ3) is 3.06. The maximum absolute atomic E-state index is 12.1. The Hall–Kier alpha value is -1.22. The highest BCUT2D eigenvalue weighted by Crippen LogP contribution is 2.60. The van der Waals surface area contributed by atoms with Crippen LogP contribution in [0.1, 0.15) is 59.3 Å². The number of hydrogen-bond donors (Lipinski definition) is 1. The smallest absolute Gasteiger partial charge is 0.308 e. The monoisotopic (exact) mass is 384 g/mol. The Balaban J connectivity index is 1.58. The van der Waals surface area contributed by atoms with Gasteiger partial charge in [-0.1, -0.05) is 13.8 Å². The Morgan fingerprint density at radius 1 is 1.11 bits per heavy atom. The maximum atomic E-state index is 12.1. The molecule has 1 N–H and O–H groups in total. The van der Waals surface area contributed by atoms with E-state index in [0.717, 1.165) is 19.3 Å². The molecule has 1 aliphatic carbocycles. The average Bonchev–Trinajstić information content (AvgIpc) is 2.84. The maximum Gasteiger partial charge on any atom is 0.308 e. The highest BCUT2D eigenvalue weighted by Gasteiger charge is 2.69. The minimum atomic E-state index is -1.03. The van der Waals surface area contributed by atoms with Gasteiger partial charge in [0.1, 0.15) is 0 Å². The number of rotatable bonds is 4. The zero-order valence-corrected chi connectivity index (χ0v) is 16.0. The lowest BCUT2D eigenvalue weighted by molar-refractivity contribution is -0.576. The first-order valence-electron chi connectivity index (χ1n) is 9.86. The van der Waals surface area contributed by atoms with Crippen molar-refractivity contribution in [2.24, 2.45) is 23.7 Å². The number of carbonyl (C=O) groups is 2. The minimum absolute atomic E-state index is 0.0670. The van der Waals surface area contributed by atoms with E-state index in [-0.39, 0.29) is 30.6 Å². The first kappa shape index (κ1) is 19.1. The molecule has 0 unspecified atom stereocenters. The van der Waals surface area contributed by atoms with E-state index in [2.05, 4.69) is 6.92 Å². The summed E-state index contributed by atoms with van der Waals surface area (Å²) in [5.74, 6) is -1.82. The Kier molecular flexibility index (Phi) is 4.73. The van der Waals surface area contributed by atoms with Gasteiger partial charge in [0.2, 0.25) is 12.1 Å². The van der Waals surface area contributed by atoms with Crippen molar-refractivity contribution < 1.29 is 38.7 Å². The zero-order valence-electron chi connectivity index (χ0n) is 16.0. The standard InChI is InChI=1S/C19H28O8/c1-10-4-5-13-11(2)16(23-15(22)7-6-14(20)21)24-17-19(13)12(10)8-9-18(3,25-17)26-27-19/h10-13,16-17H,4-9H2,1-3H3,(H,20,21)/t10-,11-,12+,13+,16-,17-,18-,19+/m1/s1. The number of hydrogen-bond acceptors (Lipinski definition) is 7. The number of carboxylic acids is 1. The van der Waals surface area contributed by atoms with Crippen LogP contribution < -0.4 is 0 Å². The average molecular weight is 384 g/mol. The van der Waals surface area contributed by atoms with Gasteiger partial charge < -0.3 is 19.3 Å². The van der Waals surface area contributed by atoms with Crippen molar-refractivity contribution in [3.63, 3.8) is 0 Å². The number of esters is 1. The van der Waals surface area contributed by atoms with Crippen molar-refractivity contribution in [3.8, 4) is 0 Å². The molecule has 8 atom stereocenters. The van der Waals surface area contributed by atoms with Crippen LogP contribution in [0.4, 0.5) is 0 Å². The predicted molar refractivity (Wildman–Crippen MR) is 89.8 cm³/mol. The first-order valence-corrected chi connectivity index (χ1v) is 9.86. The van der Waals surface area contributed by atoms with Gasteiger partial charge in [-0.2, -0.15) is 0 Å². The molecule has 4 aliphatic heterocycles. The van der Waals surface area contributed by atoms with Crippen molar-refractivity contribution in [2.45, 2.75) is 83.3 Å². The van der Waals surface area contributed by atoms with Crippen LogP contribution in [-0.2, 0) is 33.6 Å².